The first-order valence-electron chi connectivity index (χ1n) is 7.90. The van der Waals surface area contributed by atoms with Crippen LogP contribution in [0, 0.1) is 12.8 Å². The van der Waals surface area contributed by atoms with E-state index in [1.807, 2.05) is 7.05 Å². The molecular weight excluding hydrogens is 248 g/mol. The molecule has 1 fully saturated rings. The van der Waals surface area contributed by atoms with Crippen LogP contribution < -0.4 is 10.2 Å². The van der Waals surface area contributed by atoms with E-state index in [0.717, 1.165) is 36.8 Å². The molecule has 1 aromatic heterocycles. The highest BCUT2D eigenvalue weighted by atomic mass is 15.2. The van der Waals surface area contributed by atoms with Gasteiger partial charge in [-0.1, -0.05) is 20.8 Å². The highest BCUT2D eigenvalue weighted by Gasteiger charge is 2.30. The molecule has 1 aliphatic rings. The van der Waals surface area contributed by atoms with Gasteiger partial charge in [0.2, 0.25) is 0 Å². The van der Waals surface area contributed by atoms with E-state index in [9.17, 15) is 0 Å². The molecule has 0 saturated carbocycles. The third-order valence-electron chi connectivity index (χ3n) is 4.22. The van der Waals surface area contributed by atoms with Gasteiger partial charge in [-0.15, -0.1) is 0 Å². The number of rotatable bonds is 5. The van der Waals surface area contributed by atoms with Crippen LogP contribution in [0.25, 0.3) is 0 Å². The van der Waals surface area contributed by atoms with Gasteiger partial charge in [0.05, 0.1) is 0 Å². The minimum atomic E-state index is 0.614. The molecule has 1 atom stereocenters. The van der Waals surface area contributed by atoms with Gasteiger partial charge in [-0.3, -0.25) is 0 Å². The normalized spacial score (nSPS) is 18.9. The molecule has 1 aromatic rings. The van der Waals surface area contributed by atoms with Gasteiger partial charge in [-0.25, -0.2) is 9.97 Å². The second kappa shape index (κ2) is 6.42. The van der Waals surface area contributed by atoms with Crippen LogP contribution in [0.5, 0.6) is 0 Å². The molecule has 4 nitrogen and oxygen atoms in total. The fourth-order valence-corrected chi connectivity index (χ4v) is 3.16. The lowest BCUT2D eigenvalue weighted by Crippen LogP contribution is -2.35. The fraction of sp³-hybridized carbons (Fsp3) is 0.750. The molecule has 2 rings (SSSR count). The van der Waals surface area contributed by atoms with Crippen LogP contribution >= 0.6 is 0 Å². The summed E-state index contributed by atoms with van der Waals surface area (Å²) in [5.74, 6) is 3.75. The lowest BCUT2D eigenvalue weighted by molar-refractivity contribution is 0.488. The molecule has 1 aliphatic heterocycles. The van der Waals surface area contributed by atoms with Crippen molar-refractivity contribution in [2.24, 2.45) is 5.92 Å². The Labute approximate surface area is 123 Å². The molecule has 0 spiro atoms. The van der Waals surface area contributed by atoms with Crippen LogP contribution in [0.1, 0.15) is 51.4 Å². The van der Waals surface area contributed by atoms with Crippen LogP contribution in [0.15, 0.2) is 0 Å². The van der Waals surface area contributed by atoms with Crippen molar-refractivity contribution in [3.8, 4) is 0 Å². The van der Waals surface area contributed by atoms with Gasteiger partial charge in [0, 0.05) is 31.6 Å². The van der Waals surface area contributed by atoms with Crippen LogP contribution in [0.3, 0.4) is 0 Å². The van der Waals surface area contributed by atoms with Crippen molar-refractivity contribution in [1.82, 2.24) is 9.97 Å². The first kappa shape index (κ1) is 15.1. The average molecular weight is 276 g/mol. The van der Waals surface area contributed by atoms with Crippen molar-refractivity contribution in [2.45, 2.75) is 59.4 Å². The molecule has 4 heteroatoms. The van der Waals surface area contributed by atoms with E-state index in [1.54, 1.807) is 0 Å². The van der Waals surface area contributed by atoms with E-state index in [1.165, 1.54) is 18.4 Å². The second-order valence-electron chi connectivity index (χ2n) is 6.08. The fourth-order valence-electron chi connectivity index (χ4n) is 3.16. The zero-order valence-corrected chi connectivity index (χ0v) is 13.5. The van der Waals surface area contributed by atoms with Crippen molar-refractivity contribution in [3.63, 3.8) is 0 Å². The van der Waals surface area contributed by atoms with Crippen LogP contribution in [-0.4, -0.2) is 29.6 Å². The monoisotopic (exact) mass is 276 g/mol. The minimum absolute atomic E-state index is 0.614. The van der Waals surface area contributed by atoms with Crippen molar-refractivity contribution >= 4 is 11.6 Å². The maximum Gasteiger partial charge on any atom is 0.137 e. The molecule has 112 valence electrons. The van der Waals surface area contributed by atoms with Crippen molar-refractivity contribution in [2.75, 3.05) is 23.8 Å². The SMILES string of the molecule is CCCc1nc(NC)c(C)c(N2CCCC2C(C)C)n1. The Morgan fingerprint density at radius 3 is 2.70 bits per heavy atom. The van der Waals surface area contributed by atoms with Gasteiger partial charge in [-0.2, -0.15) is 0 Å². The number of nitrogens with one attached hydrogen (secondary N) is 1. The average Bonchev–Trinajstić information content (AvgIpc) is 2.90. The van der Waals surface area contributed by atoms with E-state index in [0.29, 0.717) is 12.0 Å². The number of nitrogens with zero attached hydrogens (tertiary/aromatic N) is 3. The summed E-state index contributed by atoms with van der Waals surface area (Å²) in [6.45, 7) is 10.0. The molecule has 0 bridgehead atoms. The number of aryl methyl sites for hydroxylation is 1. The van der Waals surface area contributed by atoms with Gasteiger partial charge in [0.1, 0.15) is 17.5 Å². The molecule has 1 unspecified atom stereocenters. The Morgan fingerprint density at radius 1 is 1.35 bits per heavy atom. The van der Waals surface area contributed by atoms with E-state index < -0.39 is 0 Å². The standard InChI is InChI=1S/C16H28N4/c1-6-8-14-18-15(17-5)12(4)16(19-14)20-10-7-9-13(20)11(2)3/h11,13H,6-10H2,1-5H3,(H,17,18,19). The molecule has 0 aromatic carbocycles. The molecule has 0 amide bonds. The Hall–Kier alpha value is -1.32. The topological polar surface area (TPSA) is 41.1 Å². The summed E-state index contributed by atoms with van der Waals surface area (Å²) in [5.41, 5.74) is 1.18. The van der Waals surface area contributed by atoms with Gasteiger partial charge in [0.15, 0.2) is 0 Å². The Morgan fingerprint density at radius 2 is 2.10 bits per heavy atom. The lowest BCUT2D eigenvalue weighted by Gasteiger charge is -2.30. The van der Waals surface area contributed by atoms with Crippen LogP contribution in [0.2, 0.25) is 0 Å². The third-order valence-corrected chi connectivity index (χ3v) is 4.22. The third kappa shape index (κ3) is 2.89. The number of hydrogen-bond acceptors (Lipinski definition) is 4. The summed E-state index contributed by atoms with van der Waals surface area (Å²) in [5, 5.41) is 3.22. The first-order chi connectivity index (χ1) is 9.58. The van der Waals surface area contributed by atoms with Gasteiger partial charge in [0.25, 0.3) is 0 Å². The second-order valence-corrected chi connectivity index (χ2v) is 6.08. The molecule has 0 aliphatic carbocycles. The summed E-state index contributed by atoms with van der Waals surface area (Å²) in [7, 11) is 1.94. The summed E-state index contributed by atoms with van der Waals surface area (Å²) in [6.07, 6.45) is 4.57. The lowest BCUT2D eigenvalue weighted by atomic mass is 10.0. The zero-order valence-electron chi connectivity index (χ0n) is 13.5. The quantitative estimate of drug-likeness (QED) is 0.895. The smallest absolute Gasteiger partial charge is 0.137 e. The van der Waals surface area contributed by atoms with Crippen molar-refractivity contribution in [1.29, 1.82) is 0 Å². The molecule has 1 saturated heterocycles. The Balaban J connectivity index is 2.41. The largest absolute Gasteiger partial charge is 0.373 e. The van der Waals surface area contributed by atoms with E-state index in [-0.39, 0.29) is 0 Å². The number of aromatic nitrogens is 2. The van der Waals surface area contributed by atoms with E-state index in [2.05, 4.69) is 42.9 Å². The highest BCUT2D eigenvalue weighted by molar-refractivity contribution is 5.59. The number of anilines is 2. The number of hydrogen-bond donors (Lipinski definition) is 1. The van der Waals surface area contributed by atoms with E-state index >= 15 is 0 Å². The molecule has 0 radical (unpaired) electrons. The Bertz CT molecular complexity index is 456. The molecular formula is C16H28N4. The predicted molar refractivity (Wildman–Crippen MR) is 85.5 cm³/mol. The van der Waals surface area contributed by atoms with Crippen LogP contribution in [0.4, 0.5) is 11.6 Å². The summed E-state index contributed by atoms with van der Waals surface area (Å²) >= 11 is 0. The van der Waals surface area contributed by atoms with Crippen molar-refractivity contribution in [3.05, 3.63) is 11.4 Å². The maximum atomic E-state index is 4.86. The Kier molecular flexibility index (Phi) is 4.84. The minimum Gasteiger partial charge on any atom is -0.373 e. The van der Waals surface area contributed by atoms with Gasteiger partial charge < -0.3 is 10.2 Å². The molecule has 1 N–H and O–H groups in total. The van der Waals surface area contributed by atoms with Gasteiger partial charge >= 0.3 is 0 Å². The zero-order chi connectivity index (χ0) is 14.7. The summed E-state index contributed by atoms with van der Waals surface area (Å²) in [4.78, 5) is 12.0. The summed E-state index contributed by atoms with van der Waals surface area (Å²) < 4.78 is 0. The van der Waals surface area contributed by atoms with E-state index in [4.69, 9.17) is 4.98 Å². The van der Waals surface area contributed by atoms with Crippen LogP contribution in [-0.2, 0) is 6.42 Å². The molecule has 20 heavy (non-hydrogen) atoms. The first-order valence-corrected chi connectivity index (χ1v) is 7.90. The van der Waals surface area contributed by atoms with Gasteiger partial charge in [-0.05, 0) is 32.1 Å². The molecule has 2 heterocycles. The maximum absolute atomic E-state index is 4.86. The predicted octanol–water partition coefficient (Wildman–Crippen LogP) is 3.40. The van der Waals surface area contributed by atoms with Crippen molar-refractivity contribution < 1.29 is 0 Å². The summed E-state index contributed by atoms with van der Waals surface area (Å²) in [6, 6.07) is 0.614. The highest BCUT2D eigenvalue weighted by Crippen LogP contribution is 2.32.